The molecule has 0 fully saturated rings. The third kappa shape index (κ3) is 2.13. The van der Waals surface area contributed by atoms with E-state index in [1.165, 1.54) is 0 Å². The molecule has 0 atom stereocenters. The Morgan fingerprint density at radius 2 is 1.44 bits per heavy atom. The SMILES string of the molecule is Nc1c2ccccc2cc2c1oc1c(Nc3ccccc3)cccc12. The molecule has 0 unspecified atom stereocenters. The molecule has 0 radical (unpaired) electrons. The Bertz CT molecular complexity index is 1220. The summed E-state index contributed by atoms with van der Waals surface area (Å²) in [5.74, 6) is 0. The number of anilines is 3. The van der Waals surface area contributed by atoms with Gasteiger partial charge in [-0.2, -0.15) is 0 Å². The normalized spacial score (nSPS) is 11.4. The van der Waals surface area contributed by atoms with Gasteiger partial charge in [0.2, 0.25) is 0 Å². The Balaban J connectivity index is 1.80. The minimum atomic E-state index is 0.690. The molecule has 0 saturated carbocycles. The van der Waals surface area contributed by atoms with Gasteiger partial charge in [0.05, 0.1) is 11.4 Å². The fourth-order valence-corrected chi connectivity index (χ4v) is 3.40. The largest absolute Gasteiger partial charge is 0.452 e. The van der Waals surface area contributed by atoms with Gasteiger partial charge in [0, 0.05) is 21.8 Å². The van der Waals surface area contributed by atoms with E-state index in [-0.39, 0.29) is 0 Å². The van der Waals surface area contributed by atoms with Crippen LogP contribution >= 0.6 is 0 Å². The van der Waals surface area contributed by atoms with Gasteiger partial charge in [-0.1, -0.05) is 54.6 Å². The highest BCUT2D eigenvalue weighted by Gasteiger charge is 2.15. The molecule has 5 rings (SSSR count). The maximum absolute atomic E-state index is 6.41. The minimum absolute atomic E-state index is 0.690. The van der Waals surface area contributed by atoms with Gasteiger partial charge < -0.3 is 15.5 Å². The molecule has 120 valence electrons. The van der Waals surface area contributed by atoms with Crippen molar-refractivity contribution >= 4 is 49.8 Å². The van der Waals surface area contributed by atoms with Crippen molar-refractivity contribution in [2.24, 2.45) is 0 Å². The van der Waals surface area contributed by atoms with E-state index in [1.807, 2.05) is 60.7 Å². The first-order valence-corrected chi connectivity index (χ1v) is 8.26. The number of fused-ring (bicyclic) bond motifs is 4. The molecular weight excluding hydrogens is 308 g/mol. The fourth-order valence-electron chi connectivity index (χ4n) is 3.40. The van der Waals surface area contributed by atoms with Gasteiger partial charge in [-0.05, 0) is 29.7 Å². The van der Waals surface area contributed by atoms with Gasteiger partial charge in [-0.25, -0.2) is 0 Å². The third-order valence-electron chi connectivity index (χ3n) is 4.60. The van der Waals surface area contributed by atoms with E-state index in [0.717, 1.165) is 44.1 Å². The van der Waals surface area contributed by atoms with Crippen molar-refractivity contribution in [2.45, 2.75) is 0 Å². The summed E-state index contributed by atoms with van der Waals surface area (Å²) in [6.45, 7) is 0. The van der Waals surface area contributed by atoms with Gasteiger partial charge in [0.15, 0.2) is 11.2 Å². The van der Waals surface area contributed by atoms with E-state index in [2.05, 4.69) is 23.5 Å². The summed E-state index contributed by atoms with van der Waals surface area (Å²) in [6.07, 6.45) is 0. The summed E-state index contributed by atoms with van der Waals surface area (Å²) < 4.78 is 6.21. The Labute approximate surface area is 144 Å². The molecule has 3 nitrogen and oxygen atoms in total. The number of hydrogen-bond donors (Lipinski definition) is 2. The maximum Gasteiger partial charge on any atom is 0.159 e. The average Bonchev–Trinajstić information content (AvgIpc) is 3.03. The monoisotopic (exact) mass is 324 g/mol. The van der Waals surface area contributed by atoms with Crippen LogP contribution in [-0.2, 0) is 0 Å². The van der Waals surface area contributed by atoms with Crippen LogP contribution in [0.25, 0.3) is 32.7 Å². The standard InChI is InChI=1S/C22H16N2O/c23-20-16-10-5-4-7-14(16)13-18-17-11-6-12-19(21(17)25-22(18)20)24-15-8-2-1-3-9-15/h1-13,24H,23H2. The summed E-state index contributed by atoms with van der Waals surface area (Å²) in [6, 6.07) is 26.5. The van der Waals surface area contributed by atoms with Gasteiger partial charge >= 0.3 is 0 Å². The molecule has 0 aliphatic carbocycles. The van der Waals surface area contributed by atoms with Crippen LogP contribution in [0, 0.1) is 0 Å². The zero-order chi connectivity index (χ0) is 16.8. The molecule has 0 amide bonds. The highest BCUT2D eigenvalue weighted by atomic mass is 16.3. The Kier molecular flexibility index (Phi) is 2.94. The fraction of sp³-hybridized carbons (Fsp3) is 0. The predicted octanol–water partition coefficient (Wildman–Crippen LogP) is 6.07. The van der Waals surface area contributed by atoms with Crippen LogP contribution in [0.4, 0.5) is 17.1 Å². The second kappa shape index (κ2) is 5.28. The average molecular weight is 324 g/mol. The van der Waals surface area contributed by atoms with Crippen molar-refractivity contribution in [1.82, 2.24) is 0 Å². The minimum Gasteiger partial charge on any atom is -0.452 e. The van der Waals surface area contributed by atoms with Gasteiger partial charge in [-0.3, -0.25) is 0 Å². The predicted molar refractivity (Wildman–Crippen MR) is 105 cm³/mol. The van der Waals surface area contributed by atoms with Gasteiger partial charge in [-0.15, -0.1) is 0 Å². The molecule has 1 heterocycles. The van der Waals surface area contributed by atoms with Crippen molar-refractivity contribution < 1.29 is 4.42 Å². The maximum atomic E-state index is 6.41. The summed E-state index contributed by atoms with van der Waals surface area (Å²) in [5, 5.41) is 7.68. The third-order valence-corrected chi connectivity index (χ3v) is 4.60. The van der Waals surface area contributed by atoms with E-state index >= 15 is 0 Å². The smallest absolute Gasteiger partial charge is 0.159 e. The lowest BCUT2D eigenvalue weighted by molar-refractivity contribution is 0.672. The molecule has 0 aliphatic heterocycles. The van der Waals surface area contributed by atoms with Gasteiger partial charge in [0.25, 0.3) is 0 Å². The van der Waals surface area contributed by atoms with E-state index in [4.69, 9.17) is 10.2 Å². The molecule has 0 spiro atoms. The Morgan fingerprint density at radius 3 is 2.32 bits per heavy atom. The topological polar surface area (TPSA) is 51.2 Å². The lowest BCUT2D eigenvalue weighted by Crippen LogP contribution is -1.89. The molecule has 4 aromatic carbocycles. The molecule has 3 heteroatoms. The zero-order valence-corrected chi connectivity index (χ0v) is 13.5. The molecular formula is C22H16N2O. The summed E-state index contributed by atoms with van der Waals surface area (Å²) in [5.41, 5.74) is 10.6. The van der Waals surface area contributed by atoms with Crippen LogP contribution in [0.3, 0.4) is 0 Å². The number of nitrogen functional groups attached to an aromatic ring is 1. The number of para-hydroxylation sites is 2. The molecule has 0 saturated heterocycles. The van der Waals surface area contributed by atoms with Crippen LogP contribution in [0.5, 0.6) is 0 Å². The second-order valence-electron chi connectivity index (χ2n) is 6.16. The van der Waals surface area contributed by atoms with Crippen molar-refractivity contribution in [3.8, 4) is 0 Å². The quantitative estimate of drug-likeness (QED) is 0.388. The second-order valence-corrected chi connectivity index (χ2v) is 6.16. The highest BCUT2D eigenvalue weighted by Crippen LogP contribution is 2.40. The van der Waals surface area contributed by atoms with E-state index in [0.29, 0.717) is 5.69 Å². The number of benzene rings is 4. The summed E-state index contributed by atoms with van der Waals surface area (Å²) >= 11 is 0. The molecule has 1 aromatic heterocycles. The number of furan rings is 1. The number of nitrogens with one attached hydrogen (secondary N) is 1. The zero-order valence-electron chi connectivity index (χ0n) is 13.5. The molecule has 0 bridgehead atoms. The van der Waals surface area contributed by atoms with E-state index < -0.39 is 0 Å². The first kappa shape index (κ1) is 13.9. The first-order valence-electron chi connectivity index (χ1n) is 8.26. The van der Waals surface area contributed by atoms with Crippen molar-refractivity contribution in [3.63, 3.8) is 0 Å². The van der Waals surface area contributed by atoms with Crippen molar-refractivity contribution in [2.75, 3.05) is 11.1 Å². The molecule has 3 N–H and O–H groups in total. The van der Waals surface area contributed by atoms with Crippen LogP contribution in [0.1, 0.15) is 0 Å². The molecule has 0 aliphatic rings. The summed E-state index contributed by atoms with van der Waals surface area (Å²) in [4.78, 5) is 0. The highest BCUT2D eigenvalue weighted by molar-refractivity contribution is 6.18. The van der Waals surface area contributed by atoms with Crippen LogP contribution in [0.2, 0.25) is 0 Å². The van der Waals surface area contributed by atoms with Crippen LogP contribution in [-0.4, -0.2) is 0 Å². The first-order chi connectivity index (χ1) is 12.3. The van der Waals surface area contributed by atoms with E-state index in [1.54, 1.807) is 0 Å². The van der Waals surface area contributed by atoms with Crippen molar-refractivity contribution in [3.05, 3.63) is 78.9 Å². The van der Waals surface area contributed by atoms with E-state index in [9.17, 15) is 0 Å². The van der Waals surface area contributed by atoms with Crippen LogP contribution in [0.15, 0.2) is 83.3 Å². The van der Waals surface area contributed by atoms with Gasteiger partial charge in [0.1, 0.15) is 0 Å². The Morgan fingerprint density at radius 1 is 0.680 bits per heavy atom. The lowest BCUT2D eigenvalue weighted by atomic mass is 10.0. The number of hydrogen-bond acceptors (Lipinski definition) is 3. The Hall–Kier alpha value is -3.46. The lowest BCUT2D eigenvalue weighted by Gasteiger charge is -2.06. The number of nitrogens with two attached hydrogens (primary N) is 1. The van der Waals surface area contributed by atoms with Crippen molar-refractivity contribution in [1.29, 1.82) is 0 Å². The summed E-state index contributed by atoms with van der Waals surface area (Å²) in [7, 11) is 0. The molecule has 5 aromatic rings. The van der Waals surface area contributed by atoms with Crippen LogP contribution < -0.4 is 11.1 Å². The number of rotatable bonds is 2. The molecule has 25 heavy (non-hydrogen) atoms.